The molecule has 0 saturated heterocycles. The van der Waals surface area contributed by atoms with E-state index in [0.717, 1.165) is 0 Å². The third-order valence-corrected chi connectivity index (χ3v) is 4.22. The predicted octanol–water partition coefficient (Wildman–Crippen LogP) is 2.32. The number of nitrogen functional groups attached to an aromatic ring is 1. The predicted molar refractivity (Wildman–Crippen MR) is 75.5 cm³/mol. The van der Waals surface area contributed by atoms with Crippen LogP contribution in [0.1, 0.15) is 19.3 Å². The standard InChI is InChI=1S/C12H18F3N3O2S/c1-17-21(19,20)9-4-5-10(16)11(8-9)18-7-3-2-6-12(13,14)15/h4-5,8,17-18H,2-3,6-7,16H2,1H3. The highest BCUT2D eigenvalue weighted by Gasteiger charge is 2.25. The smallest absolute Gasteiger partial charge is 0.389 e. The van der Waals surface area contributed by atoms with Gasteiger partial charge in [0.1, 0.15) is 0 Å². The van der Waals surface area contributed by atoms with Crippen LogP contribution in [-0.2, 0) is 10.0 Å². The van der Waals surface area contributed by atoms with Gasteiger partial charge < -0.3 is 11.1 Å². The van der Waals surface area contributed by atoms with E-state index in [1.165, 1.54) is 25.2 Å². The fourth-order valence-electron chi connectivity index (χ4n) is 1.65. The summed E-state index contributed by atoms with van der Waals surface area (Å²) in [6, 6.07) is 4.14. The molecule has 120 valence electrons. The Hall–Kier alpha value is -1.48. The van der Waals surface area contributed by atoms with Crippen LogP contribution in [0.4, 0.5) is 24.5 Å². The molecule has 0 radical (unpaired) electrons. The Bertz CT molecular complexity index is 574. The van der Waals surface area contributed by atoms with Crippen LogP contribution >= 0.6 is 0 Å². The normalized spacial score (nSPS) is 12.4. The first kappa shape index (κ1) is 17.6. The second-order valence-corrected chi connectivity index (χ2v) is 6.34. The number of alkyl halides is 3. The number of hydrogen-bond acceptors (Lipinski definition) is 4. The maximum atomic E-state index is 12.0. The maximum Gasteiger partial charge on any atom is 0.389 e. The van der Waals surface area contributed by atoms with Crippen LogP contribution in [0.25, 0.3) is 0 Å². The molecule has 5 nitrogen and oxygen atoms in total. The Kier molecular flexibility index (Phi) is 5.85. The van der Waals surface area contributed by atoms with Gasteiger partial charge in [0.05, 0.1) is 16.3 Å². The van der Waals surface area contributed by atoms with Crippen LogP contribution in [0.2, 0.25) is 0 Å². The van der Waals surface area contributed by atoms with Gasteiger partial charge in [-0.05, 0) is 38.1 Å². The van der Waals surface area contributed by atoms with E-state index in [9.17, 15) is 21.6 Å². The number of anilines is 2. The van der Waals surface area contributed by atoms with Crippen molar-refractivity contribution >= 4 is 21.4 Å². The molecule has 21 heavy (non-hydrogen) atoms. The summed E-state index contributed by atoms with van der Waals surface area (Å²) in [6.07, 6.45) is -4.68. The summed E-state index contributed by atoms with van der Waals surface area (Å²) in [5, 5.41) is 2.85. The fourth-order valence-corrected chi connectivity index (χ4v) is 2.40. The largest absolute Gasteiger partial charge is 0.397 e. The van der Waals surface area contributed by atoms with E-state index in [-0.39, 0.29) is 17.9 Å². The summed E-state index contributed by atoms with van der Waals surface area (Å²) in [4.78, 5) is 0.0389. The Morgan fingerprint density at radius 1 is 1.24 bits per heavy atom. The van der Waals surface area contributed by atoms with E-state index in [1.54, 1.807) is 0 Å². The molecular weight excluding hydrogens is 307 g/mol. The van der Waals surface area contributed by atoms with Crippen molar-refractivity contribution < 1.29 is 21.6 Å². The van der Waals surface area contributed by atoms with E-state index in [0.29, 0.717) is 17.8 Å². The molecule has 0 atom stereocenters. The van der Waals surface area contributed by atoms with Gasteiger partial charge in [0.25, 0.3) is 0 Å². The van der Waals surface area contributed by atoms with Crippen LogP contribution in [0.15, 0.2) is 23.1 Å². The Labute approximate surface area is 121 Å². The highest BCUT2D eigenvalue weighted by atomic mass is 32.2. The molecule has 0 saturated carbocycles. The molecule has 0 amide bonds. The molecule has 0 spiro atoms. The average molecular weight is 325 g/mol. The number of sulfonamides is 1. The van der Waals surface area contributed by atoms with Crippen LogP contribution in [0.5, 0.6) is 0 Å². The van der Waals surface area contributed by atoms with Gasteiger partial charge in [-0.25, -0.2) is 13.1 Å². The summed E-state index contributed by atoms with van der Waals surface area (Å²) in [5.74, 6) is 0. The summed E-state index contributed by atoms with van der Waals surface area (Å²) >= 11 is 0. The molecule has 0 heterocycles. The highest BCUT2D eigenvalue weighted by Crippen LogP contribution is 2.24. The van der Waals surface area contributed by atoms with Crippen molar-refractivity contribution in [3.8, 4) is 0 Å². The van der Waals surface area contributed by atoms with E-state index >= 15 is 0 Å². The zero-order chi connectivity index (χ0) is 16.1. The minimum Gasteiger partial charge on any atom is -0.397 e. The summed E-state index contributed by atoms with van der Waals surface area (Å²) in [6.45, 7) is 0.281. The highest BCUT2D eigenvalue weighted by molar-refractivity contribution is 7.89. The number of halogens is 3. The number of hydrogen-bond donors (Lipinski definition) is 3. The van der Waals surface area contributed by atoms with Crippen molar-refractivity contribution in [3.63, 3.8) is 0 Å². The van der Waals surface area contributed by atoms with E-state index < -0.39 is 22.6 Å². The monoisotopic (exact) mass is 325 g/mol. The number of rotatable bonds is 7. The van der Waals surface area contributed by atoms with Gasteiger partial charge in [-0.1, -0.05) is 0 Å². The molecule has 0 fully saturated rings. The van der Waals surface area contributed by atoms with Gasteiger partial charge in [-0.3, -0.25) is 0 Å². The zero-order valence-electron chi connectivity index (χ0n) is 11.5. The third kappa shape index (κ3) is 5.80. The number of nitrogens with one attached hydrogen (secondary N) is 2. The lowest BCUT2D eigenvalue weighted by Crippen LogP contribution is -2.19. The van der Waals surface area contributed by atoms with Gasteiger partial charge in [0.2, 0.25) is 10.0 Å². The van der Waals surface area contributed by atoms with Crippen molar-refractivity contribution in [3.05, 3.63) is 18.2 Å². The average Bonchev–Trinajstić information content (AvgIpc) is 2.38. The number of benzene rings is 1. The Morgan fingerprint density at radius 2 is 1.90 bits per heavy atom. The lowest BCUT2D eigenvalue weighted by atomic mass is 10.2. The molecule has 0 aromatic heterocycles. The van der Waals surface area contributed by atoms with Crippen LogP contribution in [0.3, 0.4) is 0 Å². The van der Waals surface area contributed by atoms with Crippen LogP contribution in [-0.4, -0.2) is 28.2 Å². The van der Waals surface area contributed by atoms with Crippen molar-refractivity contribution in [1.82, 2.24) is 4.72 Å². The fraction of sp³-hybridized carbons (Fsp3) is 0.500. The van der Waals surface area contributed by atoms with Crippen molar-refractivity contribution in [1.29, 1.82) is 0 Å². The third-order valence-electron chi connectivity index (χ3n) is 2.81. The van der Waals surface area contributed by atoms with Gasteiger partial charge >= 0.3 is 6.18 Å². The molecule has 1 aromatic rings. The Balaban J connectivity index is 2.61. The van der Waals surface area contributed by atoms with Gasteiger partial charge in [0.15, 0.2) is 0 Å². The number of unbranched alkanes of at least 4 members (excludes halogenated alkanes) is 1. The minimum absolute atomic E-state index is 0.00487. The zero-order valence-corrected chi connectivity index (χ0v) is 12.3. The van der Waals surface area contributed by atoms with Crippen molar-refractivity contribution in [2.45, 2.75) is 30.3 Å². The topological polar surface area (TPSA) is 84.2 Å². The van der Waals surface area contributed by atoms with Crippen LogP contribution in [0, 0.1) is 0 Å². The SMILES string of the molecule is CNS(=O)(=O)c1ccc(N)c(NCCCCC(F)(F)F)c1. The molecule has 0 aliphatic heterocycles. The molecule has 1 rings (SSSR count). The molecular formula is C12H18F3N3O2S. The summed E-state index contributed by atoms with van der Waals surface area (Å²) in [7, 11) is -2.30. The first-order valence-electron chi connectivity index (χ1n) is 6.29. The van der Waals surface area contributed by atoms with Gasteiger partial charge in [-0.2, -0.15) is 13.2 Å². The second kappa shape index (κ2) is 6.99. The molecule has 1 aromatic carbocycles. The van der Waals surface area contributed by atoms with E-state index in [2.05, 4.69) is 10.0 Å². The molecule has 0 bridgehead atoms. The molecule has 0 aliphatic rings. The van der Waals surface area contributed by atoms with Gasteiger partial charge in [-0.15, -0.1) is 0 Å². The van der Waals surface area contributed by atoms with Crippen LogP contribution < -0.4 is 15.8 Å². The van der Waals surface area contributed by atoms with E-state index in [4.69, 9.17) is 5.73 Å². The summed E-state index contributed by atoms with van der Waals surface area (Å²) in [5.41, 5.74) is 6.42. The maximum absolute atomic E-state index is 12.0. The molecule has 0 aliphatic carbocycles. The lowest BCUT2D eigenvalue weighted by molar-refractivity contribution is -0.135. The summed E-state index contributed by atoms with van der Waals surface area (Å²) < 4.78 is 61.4. The van der Waals surface area contributed by atoms with Crippen molar-refractivity contribution in [2.24, 2.45) is 0 Å². The minimum atomic E-state index is -4.15. The Morgan fingerprint density at radius 3 is 2.48 bits per heavy atom. The second-order valence-electron chi connectivity index (χ2n) is 4.46. The molecule has 4 N–H and O–H groups in total. The van der Waals surface area contributed by atoms with Crippen molar-refractivity contribution in [2.75, 3.05) is 24.6 Å². The first-order chi connectivity index (χ1) is 9.65. The molecule has 0 unspecified atom stereocenters. The number of nitrogens with two attached hydrogens (primary N) is 1. The molecule has 9 heteroatoms. The quantitative estimate of drug-likeness (QED) is 0.530. The van der Waals surface area contributed by atoms with E-state index in [1.807, 2.05) is 0 Å². The van der Waals surface area contributed by atoms with Gasteiger partial charge in [0, 0.05) is 13.0 Å². The lowest BCUT2D eigenvalue weighted by Gasteiger charge is -2.12. The first-order valence-corrected chi connectivity index (χ1v) is 7.78.